The summed E-state index contributed by atoms with van der Waals surface area (Å²) in [7, 11) is 0. The van der Waals surface area contributed by atoms with Crippen molar-refractivity contribution in [3.05, 3.63) is 29.8 Å². The van der Waals surface area contributed by atoms with E-state index < -0.39 is 0 Å². The van der Waals surface area contributed by atoms with Crippen LogP contribution in [0.25, 0.3) is 0 Å². The smallest absolute Gasteiger partial charge is 0.269 e. The largest absolute Gasteiger partial charge is 0.494 e. The Labute approximate surface area is 168 Å². The van der Waals surface area contributed by atoms with Crippen LogP contribution in [0.1, 0.15) is 55.8 Å². The van der Waals surface area contributed by atoms with Crippen molar-refractivity contribution in [2.24, 2.45) is 5.92 Å². The van der Waals surface area contributed by atoms with Gasteiger partial charge in [-0.3, -0.25) is 25.3 Å². The Morgan fingerprint density at radius 2 is 1.86 bits per heavy atom. The van der Waals surface area contributed by atoms with E-state index in [1.807, 2.05) is 0 Å². The lowest BCUT2D eigenvalue weighted by Crippen LogP contribution is -2.47. The molecule has 6 heteroatoms. The zero-order valence-corrected chi connectivity index (χ0v) is 16.7. The number of terminal acetylenes is 1. The molecule has 0 aromatic heterocycles. The molecule has 0 aliphatic carbocycles. The summed E-state index contributed by atoms with van der Waals surface area (Å²) < 4.78 is 5.67. The molecule has 0 radical (unpaired) electrons. The molecule has 2 rings (SSSR count). The van der Waals surface area contributed by atoms with Crippen molar-refractivity contribution in [3.63, 3.8) is 0 Å². The van der Waals surface area contributed by atoms with Crippen LogP contribution in [0.4, 0.5) is 0 Å². The summed E-state index contributed by atoms with van der Waals surface area (Å²) in [5.74, 6) is 2.78. The molecule has 0 bridgehead atoms. The van der Waals surface area contributed by atoms with Gasteiger partial charge in [-0.2, -0.15) is 0 Å². The predicted molar refractivity (Wildman–Crippen MR) is 110 cm³/mol. The van der Waals surface area contributed by atoms with Gasteiger partial charge in [-0.1, -0.05) is 32.1 Å². The number of amides is 2. The van der Waals surface area contributed by atoms with Crippen molar-refractivity contribution in [3.8, 4) is 18.1 Å². The number of benzene rings is 1. The lowest BCUT2D eigenvalue weighted by atomic mass is 9.96. The highest BCUT2D eigenvalue weighted by molar-refractivity contribution is 5.95. The number of carbonyl (C=O) groups excluding carboxylic acids is 2. The van der Waals surface area contributed by atoms with Crippen LogP contribution in [0.2, 0.25) is 0 Å². The summed E-state index contributed by atoms with van der Waals surface area (Å²) in [6.45, 7) is 5.08. The molecule has 1 fully saturated rings. The first-order chi connectivity index (χ1) is 13.6. The number of carbonyl (C=O) groups is 2. The second-order valence-corrected chi connectivity index (χ2v) is 7.13. The third kappa shape index (κ3) is 7.24. The Bertz CT molecular complexity index is 659. The van der Waals surface area contributed by atoms with E-state index in [9.17, 15) is 9.59 Å². The normalized spacial score (nSPS) is 14.9. The summed E-state index contributed by atoms with van der Waals surface area (Å²) in [6, 6.07) is 6.94. The monoisotopic (exact) mass is 385 g/mol. The molecule has 1 saturated heterocycles. The van der Waals surface area contributed by atoms with Crippen LogP contribution in [0.15, 0.2) is 24.3 Å². The van der Waals surface area contributed by atoms with Gasteiger partial charge < -0.3 is 4.74 Å². The zero-order valence-electron chi connectivity index (χ0n) is 16.7. The molecule has 1 aliphatic rings. The summed E-state index contributed by atoms with van der Waals surface area (Å²) in [6.07, 6.45) is 11.4. The Kier molecular flexibility index (Phi) is 9.36. The van der Waals surface area contributed by atoms with Gasteiger partial charge >= 0.3 is 0 Å². The average Bonchev–Trinajstić information content (AvgIpc) is 2.73. The minimum Gasteiger partial charge on any atom is -0.494 e. The van der Waals surface area contributed by atoms with Gasteiger partial charge in [-0.25, -0.2) is 0 Å². The highest BCUT2D eigenvalue weighted by Gasteiger charge is 2.24. The Balaban J connectivity index is 1.69. The first-order valence-corrected chi connectivity index (χ1v) is 10.1. The van der Waals surface area contributed by atoms with Gasteiger partial charge in [-0.15, -0.1) is 6.42 Å². The van der Waals surface area contributed by atoms with Crippen LogP contribution in [0, 0.1) is 18.3 Å². The lowest BCUT2D eigenvalue weighted by Gasteiger charge is -2.29. The average molecular weight is 386 g/mol. The standard InChI is InChI=1S/C22H31N3O3/c1-3-5-6-7-17-28-20-10-8-18(9-11-20)21(26)23-24-22(27)19-12-15-25(14-4-2)16-13-19/h2,8-11,19H,3,5-7,12-17H2,1H3,(H,23,26)(H,24,27). The number of hydrazine groups is 1. The summed E-state index contributed by atoms with van der Waals surface area (Å²) >= 11 is 0. The summed E-state index contributed by atoms with van der Waals surface area (Å²) in [5, 5.41) is 0. The van der Waals surface area contributed by atoms with Gasteiger partial charge in [-0.05, 0) is 56.6 Å². The van der Waals surface area contributed by atoms with E-state index in [1.165, 1.54) is 19.3 Å². The number of piperidine rings is 1. The number of nitrogens with zero attached hydrogens (tertiary/aromatic N) is 1. The molecule has 2 N–H and O–H groups in total. The molecule has 1 aromatic rings. The molecule has 1 aliphatic heterocycles. The molecule has 1 aromatic carbocycles. The van der Waals surface area contributed by atoms with Gasteiger partial charge in [0.2, 0.25) is 5.91 Å². The Morgan fingerprint density at radius 3 is 2.50 bits per heavy atom. The van der Waals surface area contributed by atoms with Gasteiger partial charge in [0.15, 0.2) is 0 Å². The van der Waals surface area contributed by atoms with E-state index in [4.69, 9.17) is 11.2 Å². The molecule has 0 saturated carbocycles. The Hall–Kier alpha value is -2.52. The number of nitrogens with one attached hydrogen (secondary N) is 2. The van der Waals surface area contributed by atoms with E-state index in [1.54, 1.807) is 24.3 Å². The quantitative estimate of drug-likeness (QED) is 0.390. The molecule has 0 unspecified atom stereocenters. The molecule has 2 amide bonds. The summed E-state index contributed by atoms with van der Waals surface area (Å²) in [4.78, 5) is 26.6. The molecule has 0 atom stereocenters. The number of hydrogen-bond donors (Lipinski definition) is 2. The number of ether oxygens (including phenoxy) is 1. The van der Waals surface area contributed by atoms with Gasteiger partial charge in [0.25, 0.3) is 5.91 Å². The van der Waals surface area contributed by atoms with E-state index in [2.05, 4.69) is 28.6 Å². The first kappa shape index (κ1) is 21.8. The topological polar surface area (TPSA) is 70.7 Å². The molecule has 0 spiro atoms. The molecular weight excluding hydrogens is 354 g/mol. The van der Waals surface area contributed by atoms with Crippen molar-refractivity contribution in [2.75, 3.05) is 26.2 Å². The molecule has 6 nitrogen and oxygen atoms in total. The zero-order chi connectivity index (χ0) is 20.2. The maximum atomic E-state index is 12.2. The van der Waals surface area contributed by atoms with Crippen molar-refractivity contribution >= 4 is 11.8 Å². The highest BCUT2D eigenvalue weighted by atomic mass is 16.5. The van der Waals surface area contributed by atoms with Gasteiger partial charge in [0.05, 0.1) is 13.2 Å². The van der Waals surface area contributed by atoms with Crippen molar-refractivity contribution < 1.29 is 14.3 Å². The maximum absolute atomic E-state index is 12.2. The van der Waals surface area contributed by atoms with E-state index in [0.717, 1.165) is 38.1 Å². The first-order valence-electron chi connectivity index (χ1n) is 10.1. The fraction of sp³-hybridized carbons (Fsp3) is 0.545. The minimum atomic E-state index is -0.340. The maximum Gasteiger partial charge on any atom is 0.269 e. The van der Waals surface area contributed by atoms with E-state index >= 15 is 0 Å². The van der Waals surface area contributed by atoms with Crippen molar-refractivity contribution in [1.29, 1.82) is 0 Å². The van der Waals surface area contributed by atoms with Crippen LogP contribution in [-0.4, -0.2) is 43.0 Å². The second-order valence-electron chi connectivity index (χ2n) is 7.13. The third-order valence-corrected chi connectivity index (χ3v) is 4.96. The molecule has 1 heterocycles. The third-order valence-electron chi connectivity index (χ3n) is 4.96. The lowest BCUT2D eigenvalue weighted by molar-refractivity contribution is -0.127. The fourth-order valence-corrected chi connectivity index (χ4v) is 3.20. The van der Waals surface area contributed by atoms with E-state index in [-0.39, 0.29) is 17.7 Å². The van der Waals surface area contributed by atoms with Crippen LogP contribution in [0.5, 0.6) is 5.75 Å². The van der Waals surface area contributed by atoms with Crippen LogP contribution < -0.4 is 15.6 Å². The minimum absolute atomic E-state index is 0.0993. The second kappa shape index (κ2) is 12.0. The van der Waals surface area contributed by atoms with Gasteiger partial charge in [0, 0.05) is 11.5 Å². The summed E-state index contributed by atoms with van der Waals surface area (Å²) in [5.41, 5.74) is 5.50. The SMILES string of the molecule is C#CCN1CCC(C(=O)NNC(=O)c2ccc(OCCCCCC)cc2)CC1. The molecule has 152 valence electrons. The number of hydrogen-bond acceptors (Lipinski definition) is 4. The number of unbranched alkanes of at least 4 members (excludes halogenated alkanes) is 3. The van der Waals surface area contributed by atoms with E-state index in [0.29, 0.717) is 18.7 Å². The van der Waals surface area contributed by atoms with Crippen molar-refractivity contribution in [1.82, 2.24) is 15.8 Å². The Morgan fingerprint density at radius 1 is 1.14 bits per heavy atom. The highest BCUT2D eigenvalue weighted by Crippen LogP contribution is 2.17. The van der Waals surface area contributed by atoms with Gasteiger partial charge in [0.1, 0.15) is 5.75 Å². The molecule has 28 heavy (non-hydrogen) atoms. The molecular formula is C22H31N3O3. The van der Waals surface area contributed by atoms with Crippen LogP contribution in [-0.2, 0) is 4.79 Å². The number of rotatable bonds is 9. The fourth-order valence-electron chi connectivity index (χ4n) is 3.20. The van der Waals surface area contributed by atoms with Crippen LogP contribution >= 0.6 is 0 Å². The number of likely N-dealkylation sites (tertiary alicyclic amines) is 1. The predicted octanol–water partition coefficient (Wildman–Crippen LogP) is 2.75. The van der Waals surface area contributed by atoms with Crippen molar-refractivity contribution in [2.45, 2.75) is 45.4 Å². The van der Waals surface area contributed by atoms with Crippen LogP contribution in [0.3, 0.4) is 0 Å².